The van der Waals surface area contributed by atoms with Gasteiger partial charge in [-0.2, -0.15) is 0 Å². The summed E-state index contributed by atoms with van der Waals surface area (Å²) in [5.74, 6) is -0.0825. The summed E-state index contributed by atoms with van der Waals surface area (Å²) >= 11 is 3.46. The largest absolute Gasteiger partial charge is 0.322 e. The molecule has 108 valence electrons. The molecule has 1 aliphatic heterocycles. The third kappa shape index (κ3) is 3.01. The lowest BCUT2D eigenvalue weighted by Crippen LogP contribution is -2.25. The number of nitrogens with one attached hydrogen (secondary N) is 2. The lowest BCUT2D eigenvalue weighted by atomic mass is 9.99. The van der Waals surface area contributed by atoms with Crippen molar-refractivity contribution < 1.29 is 4.79 Å². The van der Waals surface area contributed by atoms with Crippen molar-refractivity contribution in [1.29, 1.82) is 0 Å². The number of halogens is 1. The van der Waals surface area contributed by atoms with Gasteiger partial charge in [0.1, 0.15) is 0 Å². The van der Waals surface area contributed by atoms with Crippen molar-refractivity contribution in [3.05, 3.63) is 63.1 Å². The Morgan fingerprint density at radius 1 is 1.29 bits per heavy atom. The topological polar surface area (TPSA) is 41.1 Å². The summed E-state index contributed by atoms with van der Waals surface area (Å²) in [6.07, 6.45) is 1.01. The molecule has 0 atom stereocenters. The Kier molecular flexibility index (Phi) is 4.08. The summed E-state index contributed by atoms with van der Waals surface area (Å²) in [6, 6.07) is 11.9. The van der Waals surface area contributed by atoms with E-state index in [1.165, 1.54) is 11.1 Å². The minimum atomic E-state index is -0.0825. The zero-order valence-electron chi connectivity index (χ0n) is 11.9. The van der Waals surface area contributed by atoms with Crippen LogP contribution in [0.3, 0.4) is 0 Å². The zero-order chi connectivity index (χ0) is 14.8. The highest BCUT2D eigenvalue weighted by Gasteiger charge is 2.16. The van der Waals surface area contributed by atoms with E-state index < -0.39 is 0 Å². The van der Waals surface area contributed by atoms with Crippen molar-refractivity contribution in [1.82, 2.24) is 5.32 Å². The van der Waals surface area contributed by atoms with Gasteiger partial charge in [0.25, 0.3) is 5.91 Å². The van der Waals surface area contributed by atoms with Crippen LogP contribution in [0.4, 0.5) is 5.69 Å². The second kappa shape index (κ2) is 6.00. The molecule has 2 N–H and O–H groups in total. The van der Waals surface area contributed by atoms with Gasteiger partial charge in [0.15, 0.2) is 0 Å². The highest BCUT2D eigenvalue weighted by molar-refractivity contribution is 9.10. The number of carbonyl (C=O) groups is 1. The first-order valence-electron chi connectivity index (χ1n) is 7.04. The molecule has 21 heavy (non-hydrogen) atoms. The standard InChI is InChI=1S/C17H17BrN2O/c1-11-5-6-13(15(18)9-11)17(21)20-16-4-2-3-12-7-8-19-10-14(12)16/h2-6,9,19H,7-8,10H2,1H3,(H,20,21). The Hall–Kier alpha value is -1.65. The van der Waals surface area contributed by atoms with Crippen LogP contribution < -0.4 is 10.6 Å². The van der Waals surface area contributed by atoms with E-state index in [0.717, 1.165) is 35.2 Å². The summed E-state index contributed by atoms with van der Waals surface area (Å²) in [7, 11) is 0. The molecule has 0 fully saturated rings. The number of benzene rings is 2. The molecule has 1 aliphatic rings. The van der Waals surface area contributed by atoms with Crippen molar-refractivity contribution in [3.63, 3.8) is 0 Å². The van der Waals surface area contributed by atoms with Crippen LogP contribution in [0.5, 0.6) is 0 Å². The zero-order valence-corrected chi connectivity index (χ0v) is 13.5. The Labute approximate surface area is 132 Å². The number of fused-ring (bicyclic) bond motifs is 1. The van der Waals surface area contributed by atoms with Gasteiger partial charge in [-0.3, -0.25) is 4.79 Å². The molecule has 0 aromatic heterocycles. The number of amides is 1. The molecule has 0 spiro atoms. The molecule has 0 bridgehead atoms. The maximum absolute atomic E-state index is 12.5. The van der Waals surface area contributed by atoms with Crippen LogP contribution >= 0.6 is 15.9 Å². The Morgan fingerprint density at radius 3 is 2.95 bits per heavy atom. The molecule has 0 unspecified atom stereocenters. The molecular formula is C17H17BrN2O. The van der Waals surface area contributed by atoms with E-state index in [4.69, 9.17) is 0 Å². The van der Waals surface area contributed by atoms with Gasteiger partial charge < -0.3 is 10.6 Å². The Balaban J connectivity index is 1.88. The average Bonchev–Trinajstić information content (AvgIpc) is 2.47. The lowest BCUT2D eigenvalue weighted by Gasteiger charge is -2.20. The van der Waals surface area contributed by atoms with Crippen LogP contribution in [0.25, 0.3) is 0 Å². The molecule has 3 nitrogen and oxygen atoms in total. The molecule has 1 heterocycles. The van der Waals surface area contributed by atoms with Crippen LogP contribution in [0, 0.1) is 6.92 Å². The van der Waals surface area contributed by atoms with E-state index in [0.29, 0.717) is 5.56 Å². The molecule has 0 saturated carbocycles. The van der Waals surface area contributed by atoms with Crippen LogP contribution in [0.2, 0.25) is 0 Å². The lowest BCUT2D eigenvalue weighted by molar-refractivity contribution is 0.102. The number of hydrogen-bond acceptors (Lipinski definition) is 2. The van der Waals surface area contributed by atoms with Crippen LogP contribution in [-0.4, -0.2) is 12.5 Å². The second-order valence-corrected chi connectivity index (χ2v) is 6.16. The van der Waals surface area contributed by atoms with Gasteiger partial charge in [-0.1, -0.05) is 18.2 Å². The van der Waals surface area contributed by atoms with Gasteiger partial charge in [0, 0.05) is 16.7 Å². The third-order valence-corrected chi connectivity index (χ3v) is 4.42. The minimum absolute atomic E-state index is 0.0825. The predicted molar refractivity (Wildman–Crippen MR) is 88.7 cm³/mol. The van der Waals surface area contributed by atoms with Crippen LogP contribution in [0.1, 0.15) is 27.0 Å². The second-order valence-electron chi connectivity index (χ2n) is 5.31. The first kappa shape index (κ1) is 14.3. The van der Waals surface area contributed by atoms with Crippen LogP contribution in [-0.2, 0) is 13.0 Å². The quantitative estimate of drug-likeness (QED) is 0.872. The maximum atomic E-state index is 12.5. The fraction of sp³-hybridized carbons (Fsp3) is 0.235. The molecule has 4 heteroatoms. The van der Waals surface area contributed by atoms with Crippen molar-refractivity contribution in [2.45, 2.75) is 19.9 Å². The first-order valence-corrected chi connectivity index (χ1v) is 7.83. The first-order chi connectivity index (χ1) is 10.1. The van der Waals surface area contributed by atoms with Gasteiger partial charge >= 0.3 is 0 Å². The third-order valence-electron chi connectivity index (χ3n) is 3.76. The van der Waals surface area contributed by atoms with Crippen molar-refractivity contribution in [3.8, 4) is 0 Å². The summed E-state index contributed by atoms with van der Waals surface area (Å²) in [5, 5.41) is 6.39. The van der Waals surface area contributed by atoms with Gasteiger partial charge in [-0.25, -0.2) is 0 Å². The van der Waals surface area contributed by atoms with E-state index >= 15 is 0 Å². The minimum Gasteiger partial charge on any atom is -0.322 e. The van der Waals surface area contributed by atoms with Crippen LogP contribution in [0.15, 0.2) is 40.9 Å². The summed E-state index contributed by atoms with van der Waals surface area (Å²) in [5.41, 5.74) is 5.19. The summed E-state index contributed by atoms with van der Waals surface area (Å²) in [4.78, 5) is 12.5. The molecule has 0 aliphatic carbocycles. The number of aryl methyl sites for hydroxylation is 1. The summed E-state index contributed by atoms with van der Waals surface area (Å²) in [6.45, 7) is 3.81. The van der Waals surface area contributed by atoms with Gasteiger partial charge in [0.2, 0.25) is 0 Å². The Bertz CT molecular complexity index is 697. The average molecular weight is 345 g/mol. The molecular weight excluding hydrogens is 328 g/mol. The molecule has 1 amide bonds. The fourth-order valence-corrected chi connectivity index (χ4v) is 3.30. The van der Waals surface area contributed by atoms with E-state index in [-0.39, 0.29) is 5.91 Å². The van der Waals surface area contributed by atoms with E-state index in [1.54, 1.807) is 0 Å². The number of hydrogen-bond donors (Lipinski definition) is 2. The van der Waals surface area contributed by atoms with E-state index in [1.807, 2.05) is 37.3 Å². The predicted octanol–water partition coefficient (Wildman–Crippen LogP) is 3.66. The highest BCUT2D eigenvalue weighted by atomic mass is 79.9. The van der Waals surface area contributed by atoms with Crippen molar-refractivity contribution >= 4 is 27.5 Å². The van der Waals surface area contributed by atoms with Crippen molar-refractivity contribution in [2.75, 3.05) is 11.9 Å². The molecule has 2 aromatic carbocycles. The van der Waals surface area contributed by atoms with Gasteiger partial charge in [-0.05, 0) is 70.7 Å². The van der Waals surface area contributed by atoms with Gasteiger partial charge in [-0.15, -0.1) is 0 Å². The van der Waals surface area contributed by atoms with E-state index in [9.17, 15) is 4.79 Å². The van der Waals surface area contributed by atoms with E-state index in [2.05, 4.69) is 32.6 Å². The monoisotopic (exact) mass is 344 g/mol. The number of rotatable bonds is 2. The maximum Gasteiger partial charge on any atom is 0.256 e. The number of anilines is 1. The SMILES string of the molecule is Cc1ccc(C(=O)Nc2cccc3c2CNCC3)c(Br)c1. The summed E-state index contributed by atoms with van der Waals surface area (Å²) < 4.78 is 0.822. The normalized spacial score (nSPS) is 13.6. The molecule has 2 aromatic rings. The fourth-order valence-electron chi connectivity index (χ4n) is 2.63. The highest BCUT2D eigenvalue weighted by Crippen LogP contribution is 2.25. The van der Waals surface area contributed by atoms with Gasteiger partial charge in [0.05, 0.1) is 5.56 Å². The van der Waals surface area contributed by atoms with Crippen molar-refractivity contribution in [2.24, 2.45) is 0 Å². The Morgan fingerprint density at radius 2 is 2.14 bits per heavy atom. The number of carbonyl (C=O) groups excluding carboxylic acids is 1. The molecule has 0 radical (unpaired) electrons. The molecule has 3 rings (SSSR count). The smallest absolute Gasteiger partial charge is 0.256 e. The molecule has 0 saturated heterocycles.